The maximum atomic E-state index is 11.3. The number of aliphatic carboxylic acids is 2. The van der Waals surface area contributed by atoms with Crippen molar-refractivity contribution in [3.63, 3.8) is 0 Å². The average Bonchev–Trinajstić information content (AvgIpc) is 2.25. The second-order valence-electron chi connectivity index (χ2n) is 5.10. The zero-order valence-corrected chi connectivity index (χ0v) is 10.7. The molecule has 1 aliphatic carbocycles. The molecule has 0 saturated heterocycles. The molecule has 0 amide bonds. The van der Waals surface area contributed by atoms with E-state index in [2.05, 4.69) is 0 Å². The average molecular weight is 304 g/mol. The van der Waals surface area contributed by atoms with Gasteiger partial charge in [0.15, 0.2) is 0 Å². The van der Waals surface area contributed by atoms with E-state index in [-0.39, 0.29) is 88.2 Å². The summed E-state index contributed by atoms with van der Waals surface area (Å²) in [6, 6.07) is 0. The molecule has 0 unspecified atom stereocenters. The van der Waals surface area contributed by atoms with Crippen LogP contribution in [-0.2, 0) is 9.59 Å². The van der Waals surface area contributed by atoms with Gasteiger partial charge in [0.1, 0.15) is 0 Å². The Morgan fingerprint density at radius 1 is 0.950 bits per heavy atom. The van der Waals surface area contributed by atoms with Gasteiger partial charge in [0, 0.05) is 0 Å². The van der Waals surface area contributed by atoms with Crippen molar-refractivity contribution in [2.45, 2.75) is 45.6 Å². The van der Waals surface area contributed by atoms with Crippen LogP contribution in [0.4, 0.5) is 0 Å². The number of hydrogen-bond acceptors (Lipinski definition) is 3. The Labute approximate surface area is 163 Å². The molecule has 0 spiro atoms. The Kier molecular flexibility index (Phi) is 11.9. The molecule has 1 fully saturated rings. The summed E-state index contributed by atoms with van der Waals surface area (Å²) < 4.78 is 0. The summed E-state index contributed by atoms with van der Waals surface area (Å²) in [5, 5.41) is 27.9. The molecule has 1 rings (SSSR count). The van der Waals surface area contributed by atoms with Gasteiger partial charge in [-0.3, -0.25) is 0 Å². The van der Waals surface area contributed by atoms with E-state index in [4.69, 9.17) is 0 Å². The van der Waals surface area contributed by atoms with Crippen LogP contribution in [0.3, 0.4) is 0 Å². The van der Waals surface area contributed by atoms with Crippen LogP contribution < -0.4 is 0 Å². The summed E-state index contributed by atoms with van der Waals surface area (Å²) >= 11 is 0. The Morgan fingerprint density at radius 2 is 1.40 bits per heavy atom. The van der Waals surface area contributed by atoms with Crippen molar-refractivity contribution in [1.82, 2.24) is 0 Å². The summed E-state index contributed by atoms with van der Waals surface area (Å²) in [7, 11) is 0. The van der Waals surface area contributed by atoms with E-state index in [9.17, 15) is 24.9 Å². The van der Waals surface area contributed by atoms with Gasteiger partial charge in [0.05, 0.1) is 17.3 Å². The predicted molar refractivity (Wildman–Crippen MR) is 79.4 cm³/mol. The van der Waals surface area contributed by atoms with E-state index in [0.717, 1.165) is 0 Å². The van der Waals surface area contributed by atoms with Crippen molar-refractivity contribution >= 4 is 71.1 Å². The molecule has 0 aromatic carbocycles. The van der Waals surface area contributed by atoms with Crippen LogP contribution in [0, 0.1) is 11.8 Å². The van der Waals surface area contributed by atoms with Gasteiger partial charge < -0.3 is 15.3 Å². The Balaban J connectivity index is 0. The molecule has 1 saturated carbocycles. The van der Waals surface area contributed by atoms with Crippen LogP contribution >= 0.6 is 0 Å². The van der Waals surface area contributed by atoms with E-state index >= 15 is 0 Å². The first kappa shape index (κ1) is 22.9. The molecule has 7 heteroatoms. The number of aliphatic hydroxyl groups excluding tert-OH is 1. The fraction of sp³-hybridized carbons (Fsp3) is 0.692. The van der Waals surface area contributed by atoms with Gasteiger partial charge in [-0.2, -0.15) is 0 Å². The summed E-state index contributed by atoms with van der Waals surface area (Å²) in [5.41, 5.74) is 0.00768. The molecule has 3 N–H and O–H groups in total. The molecule has 20 heavy (non-hydrogen) atoms. The van der Waals surface area contributed by atoms with Crippen LogP contribution in [0.25, 0.3) is 0 Å². The van der Waals surface area contributed by atoms with Crippen molar-refractivity contribution < 1.29 is 24.9 Å². The molecular weight excluding hydrogens is 282 g/mol. The fourth-order valence-electron chi connectivity index (χ4n) is 2.55. The Morgan fingerprint density at radius 3 is 1.70 bits per heavy atom. The zero-order chi connectivity index (χ0) is 13.9. The van der Waals surface area contributed by atoms with E-state index in [0.29, 0.717) is 25.7 Å². The third kappa shape index (κ3) is 6.18. The van der Waals surface area contributed by atoms with Crippen molar-refractivity contribution in [2.24, 2.45) is 11.8 Å². The van der Waals surface area contributed by atoms with E-state index in [1.165, 1.54) is 0 Å². The fourth-order valence-corrected chi connectivity index (χ4v) is 2.55. The van der Waals surface area contributed by atoms with Crippen molar-refractivity contribution in [2.75, 3.05) is 0 Å². The van der Waals surface area contributed by atoms with E-state index in [1.54, 1.807) is 13.8 Å². The van der Waals surface area contributed by atoms with Gasteiger partial charge in [-0.15, -0.1) is 0 Å². The molecule has 0 heterocycles. The summed E-state index contributed by atoms with van der Waals surface area (Å²) in [5.74, 6) is -2.91. The number of carboxylic acids is 2. The molecule has 1 aliphatic rings. The number of carbonyl (C=O) groups is 2. The third-order valence-corrected chi connectivity index (χ3v) is 3.43. The second kappa shape index (κ2) is 10.4. The Bertz CT molecular complexity index is 371. The molecule has 0 atom stereocenters. The first-order valence-corrected chi connectivity index (χ1v) is 6.23. The van der Waals surface area contributed by atoms with Crippen molar-refractivity contribution in [3.05, 3.63) is 11.1 Å². The zero-order valence-electron chi connectivity index (χ0n) is 10.7. The molecule has 106 valence electrons. The third-order valence-electron chi connectivity index (χ3n) is 3.43. The Hall–Kier alpha value is 0.640. The van der Waals surface area contributed by atoms with Gasteiger partial charge >= 0.3 is 71.1 Å². The van der Waals surface area contributed by atoms with Gasteiger partial charge in [-0.05, 0) is 37.5 Å². The maximum absolute atomic E-state index is 11.3. The van der Waals surface area contributed by atoms with Crippen LogP contribution in [0.5, 0.6) is 0 Å². The summed E-state index contributed by atoms with van der Waals surface area (Å²) in [6.07, 6.45) is 1.75. The monoisotopic (exact) mass is 304 g/mol. The molecule has 0 radical (unpaired) electrons. The molecule has 0 aliphatic heterocycles. The van der Waals surface area contributed by atoms with Crippen LogP contribution in [-0.4, -0.2) is 92.5 Å². The first-order chi connectivity index (χ1) is 8.34. The topological polar surface area (TPSA) is 94.8 Å². The second-order valence-corrected chi connectivity index (χ2v) is 5.10. The molecular formula is C13H22Na2O5. The molecule has 0 aromatic rings. The van der Waals surface area contributed by atoms with Gasteiger partial charge in [-0.1, -0.05) is 13.8 Å². The number of hydrogen-bond donors (Lipinski definition) is 3. The standard InChI is InChI=1S/C13H20O5.2Na.2H/c1-7(2)10(12(15)16)11(13(17)18)8-3-5-9(14)6-4-8;;;;/h7-9,14H,3-6H2,1-2H3,(H,15,16)(H,17,18);;;;/b11-10-;;;;/t8-,9+;;;;. The van der Waals surface area contributed by atoms with Gasteiger partial charge in [-0.25, -0.2) is 9.59 Å². The molecule has 0 bridgehead atoms. The predicted octanol–water partition coefficient (Wildman–Crippen LogP) is 0.362. The van der Waals surface area contributed by atoms with E-state index < -0.39 is 11.9 Å². The van der Waals surface area contributed by atoms with E-state index in [1.807, 2.05) is 0 Å². The summed E-state index contributed by atoms with van der Waals surface area (Å²) in [4.78, 5) is 22.6. The van der Waals surface area contributed by atoms with Gasteiger partial charge in [0.2, 0.25) is 0 Å². The van der Waals surface area contributed by atoms with Crippen molar-refractivity contribution in [3.8, 4) is 0 Å². The molecule has 5 nitrogen and oxygen atoms in total. The number of carboxylic acid groups (broad SMARTS) is 2. The quantitative estimate of drug-likeness (QED) is 0.515. The number of aliphatic hydroxyl groups is 1. The minimum absolute atomic E-state index is 0. The summed E-state index contributed by atoms with van der Waals surface area (Å²) in [6.45, 7) is 3.37. The minimum atomic E-state index is -1.16. The number of rotatable bonds is 4. The van der Waals surface area contributed by atoms with Gasteiger partial charge in [0.25, 0.3) is 0 Å². The normalized spacial score (nSPS) is 23.2. The molecule has 0 aromatic heterocycles. The van der Waals surface area contributed by atoms with Crippen LogP contribution in [0.1, 0.15) is 39.5 Å². The van der Waals surface area contributed by atoms with Crippen molar-refractivity contribution in [1.29, 1.82) is 0 Å². The van der Waals surface area contributed by atoms with Crippen LogP contribution in [0.2, 0.25) is 0 Å². The van der Waals surface area contributed by atoms with Crippen LogP contribution in [0.15, 0.2) is 11.1 Å². The first-order valence-electron chi connectivity index (χ1n) is 6.23. The SMILES string of the molecule is CC(C)/C(C(=O)O)=C(/C(=O)O)[C@H]1CC[C@@H](O)CC1.[NaH].[NaH].